The molecule has 1 aliphatic rings. The maximum atomic E-state index is 11.2. The Bertz CT molecular complexity index is 1320. The van der Waals surface area contributed by atoms with E-state index in [1.165, 1.54) is 29.1 Å². The average Bonchev–Trinajstić information content (AvgIpc) is 3.50. The fourth-order valence-electron chi connectivity index (χ4n) is 3.25. The first-order chi connectivity index (χ1) is 15.0. The van der Waals surface area contributed by atoms with Crippen molar-refractivity contribution in [1.82, 2.24) is 24.0 Å². The summed E-state index contributed by atoms with van der Waals surface area (Å²) < 4.78 is 3.14. The number of fused-ring (bicyclic) bond motifs is 1. The van der Waals surface area contributed by atoms with E-state index in [1.54, 1.807) is 12.5 Å². The standard InChI is InChI=1S/C19H15N7O4S/c27-16-7-6-13(8-15(16)26(29)30)24-10-14(22-23-24)19(28)31-18(12-4-2-1-3-5-12)21-17-9-20-11-25(17)31/h1-11,19,27-28,31H. The highest BCUT2D eigenvalue weighted by atomic mass is 32.2. The second-order valence-electron chi connectivity index (χ2n) is 6.63. The van der Waals surface area contributed by atoms with Crippen LogP contribution in [0.2, 0.25) is 0 Å². The maximum absolute atomic E-state index is 11.2. The number of thiol groups is 1. The van der Waals surface area contributed by atoms with E-state index in [-0.39, 0.29) is 5.69 Å². The van der Waals surface area contributed by atoms with Gasteiger partial charge in [-0.2, -0.15) is 0 Å². The molecule has 0 aliphatic carbocycles. The van der Waals surface area contributed by atoms with Crippen molar-refractivity contribution in [3.63, 3.8) is 0 Å². The summed E-state index contributed by atoms with van der Waals surface area (Å²) in [5, 5.41) is 40.8. The first kappa shape index (κ1) is 19.0. The Morgan fingerprint density at radius 3 is 2.74 bits per heavy atom. The van der Waals surface area contributed by atoms with Crippen molar-refractivity contribution in [3.05, 3.63) is 88.6 Å². The van der Waals surface area contributed by atoms with Crippen LogP contribution in [0.4, 0.5) is 11.5 Å². The number of aromatic hydroxyl groups is 1. The minimum atomic E-state index is -1.38. The van der Waals surface area contributed by atoms with Crippen LogP contribution >= 0.6 is 11.1 Å². The van der Waals surface area contributed by atoms with Crippen LogP contribution in [0.5, 0.6) is 5.75 Å². The topological polar surface area (TPSA) is 144 Å². The zero-order chi connectivity index (χ0) is 21.5. The largest absolute Gasteiger partial charge is 0.502 e. The van der Waals surface area contributed by atoms with E-state index in [2.05, 4.69) is 20.3 Å². The van der Waals surface area contributed by atoms with Gasteiger partial charge in [0.25, 0.3) is 0 Å². The summed E-state index contributed by atoms with van der Waals surface area (Å²) in [6, 6.07) is 13.4. The van der Waals surface area contributed by atoms with Gasteiger partial charge in [-0.25, -0.2) is 14.7 Å². The van der Waals surface area contributed by atoms with Crippen molar-refractivity contribution in [2.45, 2.75) is 5.44 Å². The number of phenols is 1. The van der Waals surface area contributed by atoms with Crippen LogP contribution < -0.4 is 0 Å². The number of aromatic nitrogens is 5. The lowest BCUT2D eigenvalue weighted by atomic mass is 10.2. The van der Waals surface area contributed by atoms with E-state index in [9.17, 15) is 20.3 Å². The molecule has 0 radical (unpaired) electrons. The zero-order valence-electron chi connectivity index (χ0n) is 15.7. The lowest BCUT2D eigenvalue weighted by molar-refractivity contribution is -0.385. The fraction of sp³-hybridized carbons (Fsp3) is 0.0526. The number of nitrogens with zero attached hydrogens (tertiary/aromatic N) is 7. The molecule has 0 saturated heterocycles. The van der Waals surface area contributed by atoms with E-state index in [0.29, 0.717) is 11.5 Å². The molecule has 0 amide bonds. The molecule has 31 heavy (non-hydrogen) atoms. The number of aliphatic hydroxyl groups is 1. The number of hydrogen-bond acceptors (Lipinski definition) is 8. The second-order valence-corrected chi connectivity index (χ2v) is 8.67. The fourth-order valence-corrected chi connectivity index (χ4v) is 5.40. The lowest BCUT2D eigenvalue weighted by Gasteiger charge is -2.24. The summed E-state index contributed by atoms with van der Waals surface area (Å²) in [6.45, 7) is 0. The molecule has 0 bridgehead atoms. The molecule has 4 aromatic rings. The van der Waals surface area contributed by atoms with Gasteiger partial charge in [-0.1, -0.05) is 46.6 Å². The van der Waals surface area contributed by atoms with Gasteiger partial charge in [0.15, 0.2) is 11.6 Å². The van der Waals surface area contributed by atoms with Crippen LogP contribution in [0, 0.1) is 10.1 Å². The van der Waals surface area contributed by atoms with Crippen molar-refractivity contribution in [2.75, 3.05) is 0 Å². The number of nitro benzene ring substituents is 1. The minimum absolute atomic E-state index is 0.284. The Morgan fingerprint density at radius 1 is 1.16 bits per heavy atom. The molecule has 0 spiro atoms. The monoisotopic (exact) mass is 437 g/mol. The zero-order valence-corrected chi connectivity index (χ0v) is 16.6. The van der Waals surface area contributed by atoms with Gasteiger partial charge in [-0.3, -0.25) is 14.1 Å². The Labute approximate surface area is 177 Å². The first-order valence-corrected chi connectivity index (χ1v) is 10.4. The Kier molecular flexibility index (Phi) is 4.49. The van der Waals surface area contributed by atoms with Crippen LogP contribution in [-0.4, -0.2) is 44.1 Å². The molecule has 2 unspecified atom stereocenters. The average molecular weight is 437 g/mol. The van der Waals surface area contributed by atoms with Crippen LogP contribution in [0.3, 0.4) is 0 Å². The summed E-state index contributed by atoms with van der Waals surface area (Å²) in [6.07, 6.45) is 4.75. The van der Waals surface area contributed by atoms with Gasteiger partial charge in [0.05, 0.1) is 23.0 Å². The summed E-state index contributed by atoms with van der Waals surface area (Å²) in [7, 11) is 0. The number of nitro groups is 1. The van der Waals surface area contributed by atoms with Gasteiger partial charge in [0.1, 0.15) is 22.5 Å². The second kappa shape index (κ2) is 7.34. The minimum Gasteiger partial charge on any atom is -0.502 e. The van der Waals surface area contributed by atoms with Crippen molar-refractivity contribution >= 4 is 27.6 Å². The molecule has 1 aliphatic heterocycles. The first-order valence-electron chi connectivity index (χ1n) is 9.07. The van der Waals surface area contributed by atoms with E-state index >= 15 is 0 Å². The number of phenolic OH excluding ortho intramolecular Hbond substituents is 1. The molecule has 2 atom stereocenters. The van der Waals surface area contributed by atoms with E-state index in [1.807, 2.05) is 34.3 Å². The van der Waals surface area contributed by atoms with Crippen LogP contribution in [0.25, 0.3) is 5.69 Å². The summed E-state index contributed by atoms with van der Waals surface area (Å²) >= 11 is -1.38. The smallest absolute Gasteiger partial charge is 0.312 e. The van der Waals surface area contributed by atoms with Gasteiger partial charge < -0.3 is 10.2 Å². The number of imidazole rings is 1. The lowest BCUT2D eigenvalue weighted by Crippen LogP contribution is -2.11. The van der Waals surface area contributed by atoms with Crippen molar-refractivity contribution in [3.8, 4) is 11.4 Å². The molecule has 5 rings (SSSR count). The third kappa shape index (κ3) is 3.23. The molecule has 3 heterocycles. The highest BCUT2D eigenvalue weighted by Crippen LogP contribution is 2.51. The number of benzene rings is 2. The van der Waals surface area contributed by atoms with Crippen molar-refractivity contribution in [2.24, 2.45) is 4.99 Å². The Balaban J connectivity index is 1.51. The van der Waals surface area contributed by atoms with Gasteiger partial charge in [0.2, 0.25) is 0 Å². The molecular formula is C19H15N7O4S. The molecule has 2 N–H and O–H groups in total. The van der Waals surface area contributed by atoms with E-state index in [4.69, 9.17) is 0 Å². The maximum Gasteiger partial charge on any atom is 0.312 e. The van der Waals surface area contributed by atoms with Crippen LogP contribution in [-0.2, 0) is 0 Å². The van der Waals surface area contributed by atoms with E-state index in [0.717, 1.165) is 10.6 Å². The quantitative estimate of drug-likeness (QED) is 0.247. The molecule has 2 aromatic carbocycles. The molecule has 0 saturated carbocycles. The highest BCUT2D eigenvalue weighted by Gasteiger charge is 2.33. The van der Waals surface area contributed by atoms with Crippen LogP contribution in [0.15, 0.2) is 72.2 Å². The Hall–Kier alpha value is -4.03. The molecule has 11 nitrogen and oxygen atoms in total. The molecule has 156 valence electrons. The SMILES string of the molecule is O=[N+]([O-])c1cc(-n2cc(C(O)[SH]3C(c4ccccc4)=Nc4cncn43)nn2)ccc1O. The normalized spacial score (nSPS) is 17.2. The number of aliphatic hydroxyl groups excluding tert-OH is 1. The molecular weight excluding hydrogens is 422 g/mol. The number of hydrogen-bond donors (Lipinski definition) is 3. The molecule has 0 fully saturated rings. The molecule has 12 heteroatoms. The summed E-state index contributed by atoms with van der Waals surface area (Å²) in [5.41, 5.74) is 0.0157. The third-order valence-corrected chi connectivity index (χ3v) is 7.02. The predicted octanol–water partition coefficient (Wildman–Crippen LogP) is 2.62. The van der Waals surface area contributed by atoms with Gasteiger partial charge in [0, 0.05) is 11.6 Å². The van der Waals surface area contributed by atoms with Gasteiger partial charge in [-0.05, 0) is 12.1 Å². The summed E-state index contributed by atoms with van der Waals surface area (Å²) in [5.74, 6) is 0.199. The van der Waals surface area contributed by atoms with Crippen LogP contribution in [0.1, 0.15) is 16.7 Å². The van der Waals surface area contributed by atoms with E-state index < -0.39 is 32.9 Å². The number of rotatable bonds is 5. The predicted molar refractivity (Wildman–Crippen MR) is 114 cm³/mol. The summed E-state index contributed by atoms with van der Waals surface area (Å²) in [4.78, 5) is 19.2. The van der Waals surface area contributed by atoms with Crippen molar-refractivity contribution in [1.29, 1.82) is 0 Å². The Morgan fingerprint density at radius 2 is 1.97 bits per heavy atom. The van der Waals surface area contributed by atoms with Crippen molar-refractivity contribution < 1.29 is 15.1 Å². The third-order valence-electron chi connectivity index (χ3n) is 4.73. The number of aliphatic imine (C=N–C) groups is 1. The molecule has 2 aromatic heterocycles. The van der Waals surface area contributed by atoms with Gasteiger partial charge in [-0.15, -0.1) is 5.10 Å². The van der Waals surface area contributed by atoms with Gasteiger partial charge >= 0.3 is 5.69 Å². The highest BCUT2D eigenvalue weighted by molar-refractivity contribution is 8.29.